The van der Waals surface area contributed by atoms with Gasteiger partial charge in [0, 0.05) is 12.6 Å². The zero-order chi connectivity index (χ0) is 22.7. The summed E-state index contributed by atoms with van der Waals surface area (Å²) >= 11 is 1.78. The molecule has 0 bridgehead atoms. The normalized spacial score (nSPS) is 11.5. The zero-order valence-electron chi connectivity index (χ0n) is 18.8. The lowest BCUT2D eigenvalue weighted by atomic mass is 10.2. The molecule has 1 heterocycles. The van der Waals surface area contributed by atoms with Crippen molar-refractivity contribution in [1.82, 2.24) is 9.55 Å². The van der Waals surface area contributed by atoms with Crippen LogP contribution in [0.5, 0.6) is 0 Å². The third kappa shape index (κ3) is 3.72. The number of rotatable bonds is 6. The van der Waals surface area contributed by atoms with Gasteiger partial charge in [0.25, 0.3) is 0 Å². The second-order valence-corrected chi connectivity index (χ2v) is 12.0. The minimum atomic E-state index is -2.24. The van der Waals surface area contributed by atoms with Gasteiger partial charge < -0.3 is 4.57 Å². The first-order valence-electron chi connectivity index (χ1n) is 11.0. The Kier molecular flexibility index (Phi) is 6.17. The summed E-state index contributed by atoms with van der Waals surface area (Å²) in [5.74, 6) is 1.00. The minimum Gasteiger partial charge on any atom is -0.319 e. The number of thioether (sulfide) groups is 1. The van der Waals surface area contributed by atoms with E-state index in [-0.39, 0.29) is 0 Å². The van der Waals surface area contributed by atoms with Crippen molar-refractivity contribution in [1.29, 1.82) is 0 Å². The molecule has 0 aliphatic heterocycles. The van der Waals surface area contributed by atoms with Crippen LogP contribution in [0.25, 0.3) is 11.4 Å². The zero-order valence-corrected chi connectivity index (χ0v) is 20.5. The van der Waals surface area contributed by atoms with Gasteiger partial charge in [-0.05, 0) is 42.7 Å². The van der Waals surface area contributed by atoms with E-state index < -0.39 is 7.26 Å². The fraction of sp³-hybridized carbons (Fsp3) is 0.0690. The van der Waals surface area contributed by atoms with Crippen LogP contribution in [-0.4, -0.2) is 15.8 Å². The summed E-state index contributed by atoms with van der Waals surface area (Å²) in [6.07, 6.45) is 2.16. The highest BCUT2D eigenvalue weighted by Crippen LogP contribution is 2.55. The van der Waals surface area contributed by atoms with Gasteiger partial charge >= 0.3 is 0 Å². The van der Waals surface area contributed by atoms with E-state index in [4.69, 9.17) is 4.98 Å². The van der Waals surface area contributed by atoms with Crippen LogP contribution in [0.4, 0.5) is 0 Å². The van der Waals surface area contributed by atoms with Crippen LogP contribution in [0.1, 0.15) is 0 Å². The van der Waals surface area contributed by atoms with Crippen molar-refractivity contribution in [3.8, 4) is 11.4 Å². The highest BCUT2D eigenvalue weighted by atomic mass is 32.2. The Morgan fingerprint density at radius 3 is 1.39 bits per heavy atom. The Balaban J connectivity index is 1.93. The monoisotopic (exact) mass is 465 g/mol. The molecule has 0 aliphatic rings. The molecule has 0 atom stereocenters. The molecule has 4 aromatic carbocycles. The average Bonchev–Trinajstić information content (AvgIpc) is 3.23. The van der Waals surface area contributed by atoms with E-state index in [9.17, 15) is 0 Å². The molecule has 0 aliphatic carbocycles. The molecule has 5 aromatic rings. The molecule has 0 amide bonds. The maximum absolute atomic E-state index is 5.44. The van der Waals surface area contributed by atoms with Crippen molar-refractivity contribution in [3.05, 3.63) is 121 Å². The average molecular weight is 466 g/mol. The SMILES string of the molecule is CSc1c([P+](c2ccccc2)(c2ccccc2)c2ccccc2)nc(-c2ccccc2)n1C. The van der Waals surface area contributed by atoms with Gasteiger partial charge in [0.05, 0.1) is 0 Å². The summed E-state index contributed by atoms with van der Waals surface area (Å²) in [7, 11) is -0.0999. The molecule has 0 unspecified atom stereocenters. The first-order valence-corrected chi connectivity index (χ1v) is 14.0. The molecule has 162 valence electrons. The molecule has 0 fully saturated rings. The highest BCUT2D eigenvalue weighted by molar-refractivity contribution is 8.04. The Morgan fingerprint density at radius 2 is 1.00 bits per heavy atom. The van der Waals surface area contributed by atoms with Gasteiger partial charge in [-0.3, -0.25) is 0 Å². The Bertz CT molecular complexity index is 1240. The first-order chi connectivity index (χ1) is 16.3. The maximum atomic E-state index is 5.44. The topological polar surface area (TPSA) is 17.8 Å². The van der Waals surface area contributed by atoms with Crippen molar-refractivity contribution in [2.45, 2.75) is 5.03 Å². The smallest absolute Gasteiger partial charge is 0.230 e. The minimum absolute atomic E-state index is 1.00. The molecule has 0 saturated carbocycles. The van der Waals surface area contributed by atoms with E-state index in [0.29, 0.717) is 0 Å². The lowest BCUT2D eigenvalue weighted by molar-refractivity contribution is 0.839. The van der Waals surface area contributed by atoms with E-state index in [1.165, 1.54) is 26.4 Å². The lowest BCUT2D eigenvalue weighted by Gasteiger charge is -2.26. The molecule has 5 rings (SSSR count). The van der Waals surface area contributed by atoms with E-state index in [1.54, 1.807) is 11.8 Å². The lowest BCUT2D eigenvalue weighted by Crippen LogP contribution is -2.40. The van der Waals surface area contributed by atoms with Crippen LogP contribution in [0.3, 0.4) is 0 Å². The fourth-order valence-corrected chi connectivity index (χ4v) is 9.97. The van der Waals surface area contributed by atoms with Gasteiger partial charge in [0.15, 0.2) is 7.26 Å². The van der Waals surface area contributed by atoms with Gasteiger partial charge in [-0.15, -0.1) is 11.8 Å². The van der Waals surface area contributed by atoms with Crippen molar-refractivity contribution in [2.75, 3.05) is 6.26 Å². The third-order valence-corrected chi connectivity index (χ3v) is 11.2. The number of nitrogens with zero attached hydrogens (tertiary/aromatic N) is 2. The molecule has 2 nitrogen and oxygen atoms in total. The van der Waals surface area contributed by atoms with E-state index in [1.807, 2.05) is 0 Å². The van der Waals surface area contributed by atoms with Crippen LogP contribution < -0.4 is 21.3 Å². The van der Waals surface area contributed by atoms with E-state index >= 15 is 0 Å². The van der Waals surface area contributed by atoms with Crippen LogP contribution in [-0.2, 0) is 7.05 Å². The second-order valence-electron chi connectivity index (χ2n) is 7.87. The number of benzene rings is 4. The number of aromatic nitrogens is 2. The summed E-state index contributed by atoms with van der Waals surface area (Å²) in [6, 6.07) is 43.3. The first kappa shape index (κ1) is 21.7. The van der Waals surface area contributed by atoms with Crippen LogP contribution in [0.15, 0.2) is 126 Å². The maximum Gasteiger partial charge on any atom is 0.230 e. The van der Waals surface area contributed by atoms with Crippen LogP contribution in [0.2, 0.25) is 0 Å². The van der Waals surface area contributed by atoms with Crippen LogP contribution >= 0.6 is 19.0 Å². The Morgan fingerprint density at radius 1 is 0.606 bits per heavy atom. The molecule has 1 aromatic heterocycles. The highest BCUT2D eigenvalue weighted by Gasteiger charge is 2.52. The van der Waals surface area contributed by atoms with Gasteiger partial charge in [0.2, 0.25) is 5.44 Å². The van der Waals surface area contributed by atoms with Crippen LogP contribution in [0, 0.1) is 0 Å². The molecular weight excluding hydrogens is 439 g/mol. The summed E-state index contributed by atoms with van der Waals surface area (Å²) in [5.41, 5.74) is 2.30. The molecule has 33 heavy (non-hydrogen) atoms. The molecule has 0 radical (unpaired) electrons. The van der Waals surface area contributed by atoms with E-state index in [2.05, 4.69) is 139 Å². The van der Waals surface area contributed by atoms with E-state index in [0.717, 1.165) is 11.4 Å². The summed E-state index contributed by atoms with van der Waals surface area (Å²) in [4.78, 5) is 5.44. The number of hydrogen-bond donors (Lipinski definition) is 0. The quantitative estimate of drug-likeness (QED) is 0.246. The molecular formula is C29H26N2PS+. The predicted molar refractivity (Wildman–Crippen MR) is 145 cm³/mol. The van der Waals surface area contributed by atoms with Gasteiger partial charge in [-0.2, -0.15) is 4.98 Å². The summed E-state index contributed by atoms with van der Waals surface area (Å²) in [5, 5.41) is 5.15. The Hall–Kier alpha value is -3.13. The van der Waals surface area contributed by atoms with Gasteiger partial charge in [-0.25, -0.2) is 0 Å². The fourth-order valence-electron chi connectivity index (χ4n) is 4.53. The molecule has 4 heteroatoms. The van der Waals surface area contributed by atoms with Gasteiger partial charge in [0.1, 0.15) is 26.8 Å². The largest absolute Gasteiger partial charge is 0.319 e. The standard InChI is InChI=1S/C29H26N2PS/c1-31-27(23-15-7-3-8-16-23)30-28(29(31)33-2)32(24-17-9-4-10-18-24,25-19-11-5-12-20-25)26-21-13-6-14-22-26/h3-22H,1-2H3/q+1. The number of imidazole rings is 1. The van der Waals surface area contributed by atoms with Crippen molar-refractivity contribution >= 4 is 40.4 Å². The summed E-state index contributed by atoms with van der Waals surface area (Å²) in [6.45, 7) is 0. The third-order valence-electron chi connectivity index (χ3n) is 6.00. The van der Waals surface area contributed by atoms with Crippen molar-refractivity contribution in [2.24, 2.45) is 7.05 Å². The predicted octanol–water partition coefficient (Wildman–Crippen LogP) is 5.43. The van der Waals surface area contributed by atoms with Crippen molar-refractivity contribution < 1.29 is 0 Å². The molecule has 0 saturated heterocycles. The molecule has 0 spiro atoms. The van der Waals surface area contributed by atoms with Crippen molar-refractivity contribution in [3.63, 3.8) is 0 Å². The number of hydrogen-bond acceptors (Lipinski definition) is 2. The summed E-state index contributed by atoms with van der Waals surface area (Å²) < 4.78 is 2.26. The second kappa shape index (κ2) is 9.39. The van der Waals surface area contributed by atoms with Gasteiger partial charge in [-0.1, -0.05) is 84.9 Å². The molecule has 0 N–H and O–H groups in total. The Labute approximate surface area is 200 Å².